The van der Waals surface area contributed by atoms with Gasteiger partial charge >= 0.3 is 19.5 Å². The van der Waals surface area contributed by atoms with Crippen molar-refractivity contribution >= 4 is 0 Å². The van der Waals surface area contributed by atoms with Gasteiger partial charge < -0.3 is 21.1 Å². The Morgan fingerprint density at radius 2 is 1.44 bits per heavy atom. The van der Waals surface area contributed by atoms with Crippen LogP contribution in [-0.4, -0.2) is 50.9 Å². The van der Waals surface area contributed by atoms with Crippen molar-refractivity contribution in [3.05, 3.63) is 37.2 Å². The summed E-state index contributed by atoms with van der Waals surface area (Å²) in [7, 11) is 0. The molecule has 0 saturated carbocycles. The largest absolute Gasteiger partial charge is 2.00 e. The Labute approximate surface area is 152 Å². The minimum Gasteiger partial charge on any atom is -0.457 e. The minimum atomic E-state index is 0. The van der Waals surface area contributed by atoms with E-state index >= 15 is 0 Å². The van der Waals surface area contributed by atoms with Crippen LogP contribution in [0.1, 0.15) is 0 Å². The molecule has 0 atom stereocenters. The number of hydrogen-bond acceptors (Lipinski definition) is 10. The zero-order valence-electron chi connectivity index (χ0n) is 12.7. The third-order valence-corrected chi connectivity index (χ3v) is 2.22. The molecule has 124 valence electrons. The van der Waals surface area contributed by atoms with E-state index in [9.17, 15) is 0 Å². The number of rotatable bonds is 2. The van der Waals surface area contributed by atoms with Crippen LogP contribution >= 0.6 is 0 Å². The van der Waals surface area contributed by atoms with E-state index in [1.807, 2.05) is 0 Å². The number of aromatic nitrogens is 12. The third-order valence-electron chi connectivity index (χ3n) is 2.22. The molecule has 0 fully saturated rings. The fourth-order valence-corrected chi connectivity index (χ4v) is 1.32. The maximum Gasteiger partial charge on any atom is 2.00 e. The van der Waals surface area contributed by atoms with E-state index in [4.69, 9.17) is 0 Å². The van der Waals surface area contributed by atoms with E-state index in [-0.39, 0.29) is 30.4 Å². The van der Waals surface area contributed by atoms with Crippen molar-refractivity contribution in [2.24, 2.45) is 0 Å². The van der Waals surface area contributed by atoms with Crippen LogP contribution in [-0.2, 0) is 30.4 Å². The first-order chi connectivity index (χ1) is 10.9. The number of nitrogens with zero attached hydrogens (tertiary/aromatic N) is 12. The second-order valence-corrected chi connectivity index (χ2v) is 3.59. The van der Waals surface area contributed by atoms with Crippen LogP contribution in [0.15, 0.2) is 37.2 Å². The van der Waals surface area contributed by atoms with E-state index < -0.39 is 0 Å². The van der Waals surface area contributed by atoms with Crippen molar-refractivity contribution in [3.8, 4) is 23.0 Å². The van der Waals surface area contributed by atoms with Gasteiger partial charge in [0.2, 0.25) is 0 Å². The van der Waals surface area contributed by atoms with Gasteiger partial charge in [0.15, 0.2) is 0 Å². The third kappa shape index (κ3) is 6.10. The second kappa shape index (κ2) is 11.4. The summed E-state index contributed by atoms with van der Waals surface area (Å²) in [6.07, 6.45) is 9.38. The van der Waals surface area contributed by atoms with Gasteiger partial charge in [0.1, 0.15) is 5.69 Å². The molecule has 0 radical (unpaired) electrons. The van der Waals surface area contributed by atoms with E-state index in [1.54, 1.807) is 37.2 Å². The molecular formula is C10H12N12O2Zn+2. The summed E-state index contributed by atoms with van der Waals surface area (Å²) in [5.41, 5.74) is 1.16. The predicted molar refractivity (Wildman–Crippen MR) is 78.1 cm³/mol. The molecule has 0 bridgehead atoms. The minimum absolute atomic E-state index is 0. The smallest absolute Gasteiger partial charge is 0.457 e. The molecule has 0 spiro atoms. The molecule has 0 saturated heterocycles. The quantitative estimate of drug-likeness (QED) is 0.240. The first-order valence-electron chi connectivity index (χ1n) is 5.83. The molecule has 0 aliphatic carbocycles. The van der Waals surface area contributed by atoms with E-state index in [0.29, 0.717) is 23.0 Å². The summed E-state index contributed by atoms with van der Waals surface area (Å²) in [6.45, 7) is 0. The fourth-order valence-electron chi connectivity index (χ4n) is 1.32. The average Bonchev–Trinajstić information content (AvgIpc) is 3.31. The van der Waals surface area contributed by atoms with Gasteiger partial charge in [-0.1, -0.05) is 0 Å². The van der Waals surface area contributed by atoms with Crippen LogP contribution < -0.4 is 10.3 Å². The molecule has 4 heterocycles. The van der Waals surface area contributed by atoms with Crippen molar-refractivity contribution in [2.45, 2.75) is 0 Å². The van der Waals surface area contributed by atoms with Crippen LogP contribution in [0.4, 0.5) is 0 Å². The molecule has 6 N–H and O–H groups in total. The van der Waals surface area contributed by atoms with Gasteiger partial charge in [-0.15, -0.1) is 0 Å². The summed E-state index contributed by atoms with van der Waals surface area (Å²) >= 11 is 0. The van der Waals surface area contributed by atoms with Crippen LogP contribution in [0.25, 0.3) is 23.0 Å². The summed E-state index contributed by atoms with van der Waals surface area (Å²) < 4.78 is 0. The average molecular weight is 398 g/mol. The van der Waals surface area contributed by atoms with Gasteiger partial charge in [0.25, 0.3) is 0 Å². The van der Waals surface area contributed by atoms with Gasteiger partial charge in [0, 0.05) is 24.8 Å². The Balaban J connectivity index is 0.000000411. The molecule has 4 aromatic heterocycles. The van der Waals surface area contributed by atoms with E-state index in [0.717, 1.165) is 0 Å². The molecule has 0 aliphatic heterocycles. The summed E-state index contributed by atoms with van der Waals surface area (Å²) in [6, 6.07) is 0. The van der Waals surface area contributed by atoms with Crippen molar-refractivity contribution in [2.75, 3.05) is 0 Å². The maximum atomic E-state index is 3.95. The van der Waals surface area contributed by atoms with Crippen LogP contribution in [0, 0.1) is 0 Å². The Kier molecular flexibility index (Phi) is 9.95. The molecule has 0 aliphatic rings. The molecule has 4 aromatic rings. The van der Waals surface area contributed by atoms with Crippen molar-refractivity contribution < 1.29 is 30.4 Å². The van der Waals surface area contributed by atoms with E-state index in [2.05, 4.69) is 61.2 Å². The first kappa shape index (κ1) is 21.8. The Bertz CT molecular complexity index is 714. The fraction of sp³-hybridized carbons (Fsp3) is 0. The van der Waals surface area contributed by atoms with Crippen LogP contribution in [0.2, 0.25) is 0 Å². The van der Waals surface area contributed by atoms with Crippen molar-refractivity contribution in [3.63, 3.8) is 0 Å². The van der Waals surface area contributed by atoms with Gasteiger partial charge in [-0.2, -0.15) is 5.21 Å². The number of tetrazole rings is 2. The zero-order chi connectivity index (χ0) is 15.0. The molecule has 15 heteroatoms. The SMILES string of the molecule is [OH3+].[OH3+].[Zn+2].c1cnc(-c2nn[n-]n2)cn1.c1cnc(-c2nnn[n-]2)cn1. The molecular weight excluding hydrogens is 386 g/mol. The second-order valence-electron chi connectivity index (χ2n) is 3.59. The summed E-state index contributed by atoms with van der Waals surface area (Å²) in [5, 5.41) is 27.7. The normalized spacial score (nSPS) is 8.64. The standard InChI is InChI=1S/2C5H3N6.2H2O.Zn/c2*1-2-7-4(3-6-1)5-8-10-11-9-5;;;/h2*1-3H;2*1H2;/q2*-1;;;+2/p+2. The van der Waals surface area contributed by atoms with Gasteiger partial charge in [-0.25, -0.2) is 5.10 Å². The summed E-state index contributed by atoms with van der Waals surface area (Å²) in [4.78, 5) is 15.6. The molecule has 14 nitrogen and oxygen atoms in total. The van der Waals surface area contributed by atoms with Crippen molar-refractivity contribution in [1.82, 2.24) is 61.2 Å². The Morgan fingerprint density at radius 3 is 1.92 bits per heavy atom. The van der Waals surface area contributed by atoms with Gasteiger partial charge in [-0.05, 0) is 0 Å². The first-order valence-corrected chi connectivity index (χ1v) is 5.83. The van der Waals surface area contributed by atoms with Gasteiger partial charge in [0.05, 0.1) is 29.7 Å². The van der Waals surface area contributed by atoms with E-state index in [1.165, 1.54) is 0 Å². The Morgan fingerprint density at radius 1 is 0.760 bits per heavy atom. The topological polar surface area (TPSA) is 223 Å². The molecule has 0 unspecified atom stereocenters. The Hall–Kier alpha value is -3.16. The maximum absolute atomic E-state index is 3.95. The number of hydrogen-bond donors (Lipinski definition) is 0. The predicted octanol–water partition coefficient (Wildman–Crippen LogP) is -3.27. The molecule has 0 aromatic carbocycles. The molecule has 0 amide bonds. The van der Waals surface area contributed by atoms with Crippen LogP contribution in [0.5, 0.6) is 0 Å². The monoisotopic (exact) mass is 396 g/mol. The van der Waals surface area contributed by atoms with Crippen LogP contribution in [0.3, 0.4) is 0 Å². The zero-order valence-corrected chi connectivity index (χ0v) is 15.7. The molecule has 25 heavy (non-hydrogen) atoms. The van der Waals surface area contributed by atoms with Gasteiger partial charge in [-0.3, -0.25) is 40.7 Å². The molecule has 4 rings (SSSR count). The summed E-state index contributed by atoms with van der Waals surface area (Å²) in [5.74, 6) is 0.802. The van der Waals surface area contributed by atoms with Crippen molar-refractivity contribution in [1.29, 1.82) is 0 Å².